The topological polar surface area (TPSA) is 86.5 Å². The van der Waals surface area contributed by atoms with Crippen LogP contribution in [0.5, 0.6) is 0 Å². The molecule has 2 atom stereocenters. The molecule has 1 saturated heterocycles. The highest BCUT2D eigenvalue weighted by Gasteiger charge is 2.49. The number of nitro benzene ring substituents is 1. The van der Waals surface area contributed by atoms with E-state index >= 15 is 0 Å². The fourth-order valence-electron chi connectivity index (χ4n) is 3.83. The lowest BCUT2D eigenvalue weighted by Gasteiger charge is -2.55. The number of hydrogen-bond acceptors (Lipinski definition) is 5. The summed E-state index contributed by atoms with van der Waals surface area (Å²) in [5.41, 5.74) is -0.432. The van der Waals surface area contributed by atoms with E-state index in [1.807, 2.05) is 32.6 Å². The van der Waals surface area contributed by atoms with Gasteiger partial charge in [0.15, 0.2) is 0 Å². The predicted octanol–water partition coefficient (Wildman–Crippen LogP) is 1.90. The van der Waals surface area contributed by atoms with Crippen molar-refractivity contribution in [2.24, 2.45) is 0 Å². The number of nitro groups is 1. The molecule has 1 aliphatic rings. The van der Waals surface area contributed by atoms with Gasteiger partial charge in [0.05, 0.1) is 29.6 Å². The molecule has 1 amide bonds. The average Bonchev–Trinajstić information content (AvgIpc) is 2.47. The SMILES string of the molecule is C[C@H]1CN(Cc2ccc([N+](=O)[O-])cc2F)CC[N+]1(C(=O)[O-])C(C)(C)C. The van der Waals surface area contributed by atoms with Gasteiger partial charge in [0.1, 0.15) is 11.9 Å². The van der Waals surface area contributed by atoms with E-state index in [0.29, 0.717) is 25.2 Å². The van der Waals surface area contributed by atoms with Crippen LogP contribution >= 0.6 is 0 Å². The smallest absolute Gasteiger partial charge is 0.272 e. The molecule has 1 aromatic carbocycles. The second-order valence-corrected chi connectivity index (χ2v) is 7.65. The zero-order valence-corrected chi connectivity index (χ0v) is 15.0. The molecule has 0 spiro atoms. The van der Waals surface area contributed by atoms with Gasteiger partial charge in [-0.1, -0.05) is 0 Å². The second kappa shape index (κ2) is 6.68. The molecule has 1 heterocycles. The monoisotopic (exact) mass is 353 g/mol. The molecule has 1 aliphatic heterocycles. The lowest BCUT2D eigenvalue weighted by molar-refractivity contribution is -0.943. The summed E-state index contributed by atoms with van der Waals surface area (Å²) in [6.45, 7) is 9.10. The van der Waals surface area contributed by atoms with E-state index < -0.39 is 22.4 Å². The standard InChI is InChI=1S/C17H24FN3O4/c1-12-10-19(7-8-21(12,16(22)23)17(2,3)4)11-13-5-6-14(20(24)25)9-15(13)18/h5-6,9,12H,7-8,10-11H2,1-4H3/t12-,21?/m0/s1. The van der Waals surface area contributed by atoms with Crippen molar-refractivity contribution in [3.05, 3.63) is 39.7 Å². The Kier molecular flexibility index (Phi) is 5.15. The van der Waals surface area contributed by atoms with Gasteiger partial charge in [0.2, 0.25) is 0 Å². The zero-order valence-electron chi connectivity index (χ0n) is 15.0. The van der Waals surface area contributed by atoms with Gasteiger partial charge in [0, 0.05) is 24.7 Å². The molecule has 8 heteroatoms. The number of nitrogens with zero attached hydrogens (tertiary/aromatic N) is 3. The Morgan fingerprint density at radius 3 is 2.52 bits per heavy atom. The number of carboxylic acid groups (broad SMARTS) is 1. The second-order valence-electron chi connectivity index (χ2n) is 7.65. The van der Waals surface area contributed by atoms with Gasteiger partial charge >= 0.3 is 0 Å². The molecule has 0 bridgehead atoms. The summed E-state index contributed by atoms with van der Waals surface area (Å²) in [5.74, 6) is -0.621. The highest BCUT2D eigenvalue weighted by atomic mass is 19.1. The summed E-state index contributed by atoms with van der Waals surface area (Å²) < 4.78 is 13.9. The Hall–Kier alpha value is -2.06. The molecule has 0 N–H and O–H groups in total. The van der Waals surface area contributed by atoms with Gasteiger partial charge in [-0.3, -0.25) is 19.5 Å². The Morgan fingerprint density at radius 2 is 2.08 bits per heavy atom. The highest BCUT2D eigenvalue weighted by molar-refractivity contribution is 5.55. The molecule has 1 fully saturated rings. The first-order valence-corrected chi connectivity index (χ1v) is 8.23. The number of piperazine rings is 1. The van der Waals surface area contributed by atoms with Crippen LogP contribution in [0.4, 0.5) is 14.9 Å². The number of carbonyl (C=O) groups is 1. The molecule has 7 nitrogen and oxygen atoms in total. The van der Waals surface area contributed by atoms with Crippen LogP contribution in [0.2, 0.25) is 0 Å². The van der Waals surface area contributed by atoms with Crippen LogP contribution in [-0.2, 0) is 6.54 Å². The van der Waals surface area contributed by atoms with Crippen molar-refractivity contribution in [2.75, 3.05) is 19.6 Å². The molecule has 0 aromatic heterocycles. The first-order chi connectivity index (χ1) is 11.5. The summed E-state index contributed by atoms with van der Waals surface area (Å²) in [6.07, 6.45) is -1.10. The van der Waals surface area contributed by atoms with Crippen molar-refractivity contribution in [3.63, 3.8) is 0 Å². The minimum Gasteiger partial charge on any atom is -0.498 e. The van der Waals surface area contributed by atoms with E-state index in [1.54, 1.807) is 0 Å². The van der Waals surface area contributed by atoms with Gasteiger partial charge in [0.25, 0.3) is 11.8 Å². The third-order valence-electron chi connectivity index (χ3n) is 5.21. The number of quaternary nitrogens is 1. The lowest BCUT2D eigenvalue weighted by Crippen LogP contribution is -2.76. The Labute approximate surface area is 146 Å². The lowest BCUT2D eigenvalue weighted by atomic mass is 9.95. The summed E-state index contributed by atoms with van der Waals surface area (Å²) in [7, 11) is 0. The van der Waals surface area contributed by atoms with E-state index in [4.69, 9.17) is 0 Å². The van der Waals surface area contributed by atoms with Crippen LogP contribution < -0.4 is 5.11 Å². The number of amides is 1. The van der Waals surface area contributed by atoms with Crippen molar-refractivity contribution >= 4 is 11.8 Å². The van der Waals surface area contributed by atoms with Crippen LogP contribution in [0.15, 0.2) is 18.2 Å². The summed E-state index contributed by atoms with van der Waals surface area (Å²) in [6, 6.07) is 3.39. The summed E-state index contributed by atoms with van der Waals surface area (Å²) >= 11 is 0. The quantitative estimate of drug-likeness (QED) is 0.470. The molecular formula is C17H24FN3O4. The van der Waals surface area contributed by atoms with E-state index in [0.717, 1.165) is 6.07 Å². The summed E-state index contributed by atoms with van der Waals surface area (Å²) in [4.78, 5) is 23.9. The Balaban J connectivity index is 2.16. The molecule has 25 heavy (non-hydrogen) atoms. The maximum Gasteiger partial charge on any atom is 0.272 e. The fraction of sp³-hybridized carbons (Fsp3) is 0.588. The molecule has 1 aromatic rings. The summed E-state index contributed by atoms with van der Waals surface area (Å²) in [5, 5.41) is 22.6. The largest absolute Gasteiger partial charge is 0.498 e. The van der Waals surface area contributed by atoms with E-state index in [2.05, 4.69) is 0 Å². The molecular weight excluding hydrogens is 329 g/mol. The number of carbonyl (C=O) groups excluding carboxylic acids is 1. The Morgan fingerprint density at radius 1 is 1.44 bits per heavy atom. The molecule has 1 unspecified atom stereocenters. The number of hydrogen-bond donors (Lipinski definition) is 0. The van der Waals surface area contributed by atoms with Crippen LogP contribution in [0.1, 0.15) is 33.3 Å². The zero-order chi connectivity index (χ0) is 19.0. The molecule has 0 saturated carbocycles. The molecule has 138 valence electrons. The minimum absolute atomic E-state index is 0.147. The van der Waals surface area contributed by atoms with Crippen LogP contribution in [0.25, 0.3) is 0 Å². The van der Waals surface area contributed by atoms with Gasteiger partial charge in [-0.15, -0.1) is 0 Å². The number of non-ortho nitro benzene ring substituents is 1. The third kappa shape index (κ3) is 3.50. The molecule has 2 rings (SSSR count). The fourth-order valence-corrected chi connectivity index (χ4v) is 3.83. The Bertz CT molecular complexity index is 689. The maximum absolute atomic E-state index is 14.1. The van der Waals surface area contributed by atoms with E-state index in [-0.39, 0.29) is 22.8 Å². The van der Waals surface area contributed by atoms with E-state index in [1.165, 1.54) is 12.1 Å². The first kappa shape index (κ1) is 19.3. The van der Waals surface area contributed by atoms with Crippen molar-refractivity contribution in [1.82, 2.24) is 4.90 Å². The van der Waals surface area contributed by atoms with Crippen LogP contribution in [0.3, 0.4) is 0 Å². The van der Waals surface area contributed by atoms with Gasteiger partial charge in [-0.2, -0.15) is 0 Å². The minimum atomic E-state index is -1.10. The van der Waals surface area contributed by atoms with Gasteiger partial charge in [-0.05, 0) is 33.8 Å². The maximum atomic E-state index is 14.1. The average molecular weight is 353 g/mol. The van der Waals surface area contributed by atoms with Crippen LogP contribution in [0, 0.1) is 15.9 Å². The van der Waals surface area contributed by atoms with Gasteiger partial charge < -0.3 is 9.90 Å². The normalized spacial score (nSPS) is 24.9. The van der Waals surface area contributed by atoms with Crippen molar-refractivity contribution in [1.29, 1.82) is 0 Å². The van der Waals surface area contributed by atoms with Crippen LogP contribution in [-0.4, -0.2) is 51.6 Å². The van der Waals surface area contributed by atoms with Crippen molar-refractivity contribution < 1.29 is 23.7 Å². The first-order valence-electron chi connectivity index (χ1n) is 8.23. The number of rotatable bonds is 3. The third-order valence-corrected chi connectivity index (χ3v) is 5.21. The molecule has 0 aliphatic carbocycles. The van der Waals surface area contributed by atoms with E-state index in [9.17, 15) is 24.4 Å². The number of halogens is 1. The van der Waals surface area contributed by atoms with Crippen molar-refractivity contribution in [3.8, 4) is 0 Å². The van der Waals surface area contributed by atoms with Crippen molar-refractivity contribution in [2.45, 2.75) is 45.8 Å². The van der Waals surface area contributed by atoms with Gasteiger partial charge in [-0.25, -0.2) is 4.39 Å². The predicted molar refractivity (Wildman–Crippen MR) is 88.1 cm³/mol. The number of benzene rings is 1. The highest BCUT2D eigenvalue weighted by Crippen LogP contribution is 2.32. The molecule has 0 radical (unpaired) electrons.